The van der Waals surface area contributed by atoms with E-state index in [1.807, 2.05) is 13.8 Å². The number of aromatic nitrogens is 1. The molecule has 2 rings (SSSR count). The fourth-order valence-electron chi connectivity index (χ4n) is 2.45. The molecule has 106 valence electrons. The number of rotatable bonds is 5. The molecule has 5 nitrogen and oxygen atoms in total. The van der Waals surface area contributed by atoms with Crippen LogP contribution in [-0.2, 0) is 4.79 Å². The number of amides is 1. The van der Waals surface area contributed by atoms with Gasteiger partial charge in [0.2, 0.25) is 11.8 Å². The summed E-state index contributed by atoms with van der Waals surface area (Å²) in [6, 6.07) is -0.158. The molecule has 1 aromatic rings. The lowest BCUT2D eigenvalue weighted by Gasteiger charge is -2.22. The summed E-state index contributed by atoms with van der Waals surface area (Å²) in [5.41, 5.74) is 0. The molecule has 2 heterocycles. The molecule has 1 amide bonds. The molecule has 1 unspecified atom stereocenters. The molecule has 0 radical (unpaired) electrons. The number of hydrogen-bond donors (Lipinski definition) is 2. The van der Waals surface area contributed by atoms with E-state index in [1.54, 1.807) is 6.20 Å². The topological polar surface area (TPSA) is 67.2 Å². The maximum atomic E-state index is 11.9. The van der Waals surface area contributed by atoms with Crippen molar-refractivity contribution in [1.82, 2.24) is 15.6 Å². The van der Waals surface area contributed by atoms with E-state index in [0.717, 1.165) is 25.3 Å². The smallest absolute Gasteiger partial charge is 0.220 e. The largest absolute Gasteiger partial charge is 0.444 e. The van der Waals surface area contributed by atoms with Crippen LogP contribution in [-0.4, -0.2) is 24.0 Å². The standard InChI is InChI=1S/C14H23N3O2/c1-10-9-16-14(19-10)11(2)17-13(18)4-3-12-5-7-15-8-6-12/h9,11-12,15H,3-8H2,1-2H3,(H,17,18). The molecule has 2 N–H and O–H groups in total. The highest BCUT2D eigenvalue weighted by atomic mass is 16.4. The second-order valence-electron chi connectivity index (χ2n) is 5.33. The van der Waals surface area contributed by atoms with Crippen molar-refractivity contribution in [2.45, 2.75) is 45.6 Å². The van der Waals surface area contributed by atoms with E-state index in [0.29, 0.717) is 18.2 Å². The lowest BCUT2D eigenvalue weighted by molar-refractivity contribution is -0.122. The number of nitrogens with zero attached hydrogens (tertiary/aromatic N) is 1. The van der Waals surface area contributed by atoms with Gasteiger partial charge >= 0.3 is 0 Å². The van der Waals surface area contributed by atoms with Crippen molar-refractivity contribution >= 4 is 5.91 Å². The third kappa shape index (κ3) is 4.35. The monoisotopic (exact) mass is 265 g/mol. The van der Waals surface area contributed by atoms with Gasteiger partial charge in [-0.1, -0.05) is 0 Å². The van der Waals surface area contributed by atoms with Crippen molar-refractivity contribution in [3.63, 3.8) is 0 Å². The predicted octanol–water partition coefficient (Wildman–Crippen LogP) is 1.94. The SMILES string of the molecule is Cc1cnc(C(C)NC(=O)CCC2CCNCC2)o1. The van der Waals surface area contributed by atoms with E-state index < -0.39 is 0 Å². The Morgan fingerprint density at radius 3 is 2.95 bits per heavy atom. The summed E-state index contributed by atoms with van der Waals surface area (Å²) in [4.78, 5) is 16.0. The highest BCUT2D eigenvalue weighted by Crippen LogP contribution is 2.18. The summed E-state index contributed by atoms with van der Waals surface area (Å²) >= 11 is 0. The molecule has 1 saturated heterocycles. The highest BCUT2D eigenvalue weighted by Gasteiger charge is 2.17. The van der Waals surface area contributed by atoms with E-state index in [-0.39, 0.29) is 11.9 Å². The Bertz CT molecular complexity index is 411. The summed E-state index contributed by atoms with van der Waals surface area (Å²) in [5, 5.41) is 6.28. The Balaban J connectivity index is 1.71. The molecule has 5 heteroatoms. The molecular weight excluding hydrogens is 242 g/mol. The van der Waals surface area contributed by atoms with Gasteiger partial charge in [-0.25, -0.2) is 4.98 Å². The van der Waals surface area contributed by atoms with Gasteiger partial charge in [0.15, 0.2) is 0 Å². The van der Waals surface area contributed by atoms with Gasteiger partial charge in [-0.05, 0) is 52.1 Å². The fourth-order valence-corrected chi connectivity index (χ4v) is 2.45. The van der Waals surface area contributed by atoms with Crippen molar-refractivity contribution in [2.24, 2.45) is 5.92 Å². The van der Waals surface area contributed by atoms with Crippen molar-refractivity contribution < 1.29 is 9.21 Å². The average Bonchev–Trinajstić information content (AvgIpc) is 2.84. The fraction of sp³-hybridized carbons (Fsp3) is 0.714. The van der Waals surface area contributed by atoms with E-state index in [9.17, 15) is 4.79 Å². The quantitative estimate of drug-likeness (QED) is 0.854. The maximum Gasteiger partial charge on any atom is 0.220 e. The molecule has 0 aromatic carbocycles. The van der Waals surface area contributed by atoms with Crippen LogP contribution in [0.4, 0.5) is 0 Å². The van der Waals surface area contributed by atoms with Crippen LogP contribution in [0.1, 0.15) is 50.3 Å². The summed E-state index contributed by atoms with van der Waals surface area (Å²) in [5.74, 6) is 2.12. The number of oxazole rings is 1. The minimum Gasteiger partial charge on any atom is -0.444 e. The number of aryl methyl sites for hydroxylation is 1. The second kappa shape index (κ2) is 6.70. The van der Waals surface area contributed by atoms with Gasteiger partial charge in [0.1, 0.15) is 11.8 Å². The van der Waals surface area contributed by atoms with Crippen LogP contribution in [0.3, 0.4) is 0 Å². The molecule has 1 aliphatic heterocycles. The zero-order valence-corrected chi connectivity index (χ0v) is 11.7. The normalized spacial score (nSPS) is 18.2. The molecule has 0 spiro atoms. The minimum absolute atomic E-state index is 0.0851. The predicted molar refractivity (Wildman–Crippen MR) is 72.6 cm³/mol. The second-order valence-corrected chi connectivity index (χ2v) is 5.33. The molecule has 0 aliphatic carbocycles. The van der Waals surface area contributed by atoms with Crippen molar-refractivity contribution in [2.75, 3.05) is 13.1 Å². The number of piperidine rings is 1. The van der Waals surface area contributed by atoms with Crippen molar-refractivity contribution in [3.8, 4) is 0 Å². The van der Waals surface area contributed by atoms with Gasteiger partial charge in [0.25, 0.3) is 0 Å². The number of carbonyl (C=O) groups is 1. The molecule has 1 fully saturated rings. The maximum absolute atomic E-state index is 11.9. The van der Waals surface area contributed by atoms with Crippen LogP contribution >= 0.6 is 0 Å². The molecular formula is C14H23N3O2. The summed E-state index contributed by atoms with van der Waals surface area (Å²) < 4.78 is 5.41. The van der Waals surface area contributed by atoms with Crippen molar-refractivity contribution in [3.05, 3.63) is 17.8 Å². The Hall–Kier alpha value is -1.36. The molecule has 19 heavy (non-hydrogen) atoms. The third-order valence-electron chi connectivity index (χ3n) is 3.63. The average molecular weight is 265 g/mol. The van der Waals surface area contributed by atoms with Gasteiger partial charge in [0.05, 0.1) is 6.20 Å². The molecule has 0 bridgehead atoms. The van der Waals surface area contributed by atoms with Crippen LogP contribution < -0.4 is 10.6 Å². The first kappa shape index (κ1) is 14.1. The zero-order chi connectivity index (χ0) is 13.7. The van der Waals surface area contributed by atoms with Crippen LogP contribution in [0.25, 0.3) is 0 Å². The molecule has 0 saturated carbocycles. The van der Waals surface area contributed by atoms with E-state index in [4.69, 9.17) is 4.42 Å². The van der Waals surface area contributed by atoms with Crippen LogP contribution in [0.2, 0.25) is 0 Å². The first-order chi connectivity index (χ1) is 9.15. The first-order valence-electron chi connectivity index (χ1n) is 7.07. The van der Waals surface area contributed by atoms with Gasteiger partial charge in [-0.3, -0.25) is 4.79 Å². The zero-order valence-electron chi connectivity index (χ0n) is 11.7. The lowest BCUT2D eigenvalue weighted by atomic mass is 9.93. The van der Waals surface area contributed by atoms with E-state index >= 15 is 0 Å². The van der Waals surface area contributed by atoms with E-state index in [1.165, 1.54) is 12.8 Å². The Morgan fingerprint density at radius 2 is 2.32 bits per heavy atom. The van der Waals surface area contributed by atoms with Crippen LogP contribution in [0, 0.1) is 12.8 Å². The molecule has 1 aromatic heterocycles. The third-order valence-corrected chi connectivity index (χ3v) is 3.63. The number of nitrogens with one attached hydrogen (secondary N) is 2. The summed E-state index contributed by atoms with van der Waals surface area (Å²) in [7, 11) is 0. The summed E-state index contributed by atoms with van der Waals surface area (Å²) in [6.07, 6.45) is 5.61. The first-order valence-corrected chi connectivity index (χ1v) is 7.07. The van der Waals surface area contributed by atoms with Gasteiger partial charge < -0.3 is 15.1 Å². The molecule has 1 aliphatic rings. The number of carbonyl (C=O) groups excluding carboxylic acids is 1. The van der Waals surface area contributed by atoms with Crippen LogP contribution in [0.15, 0.2) is 10.6 Å². The molecule has 1 atom stereocenters. The van der Waals surface area contributed by atoms with Gasteiger partial charge in [-0.2, -0.15) is 0 Å². The minimum atomic E-state index is -0.158. The van der Waals surface area contributed by atoms with Crippen LogP contribution in [0.5, 0.6) is 0 Å². The Labute approximate surface area is 114 Å². The van der Waals surface area contributed by atoms with Crippen molar-refractivity contribution in [1.29, 1.82) is 0 Å². The Kier molecular flexibility index (Phi) is 4.96. The van der Waals surface area contributed by atoms with E-state index in [2.05, 4.69) is 15.6 Å². The van der Waals surface area contributed by atoms with Gasteiger partial charge in [0, 0.05) is 6.42 Å². The summed E-state index contributed by atoms with van der Waals surface area (Å²) in [6.45, 7) is 5.91. The Morgan fingerprint density at radius 1 is 1.58 bits per heavy atom. The lowest BCUT2D eigenvalue weighted by Crippen LogP contribution is -2.30. The highest BCUT2D eigenvalue weighted by molar-refractivity contribution is 5.76. The number of hydrogen-bond acceptors (Lipinski definition) is 4. The van der Waals surface area contributed by atoms with Gasteiger partial charge in [-0.15, -0.1) is 0 Å².